The highest BCUT2D eigenvalue weighted by atomic mass is 16.6. The van der Waals surface area contributed by atoms with Crippen molar-refractivity contribution in [1.29, 1.82) is 0 Å². The molecular formula is C20H24N4O5. The Morgan fingerprint density at radius 1 is 1.14 bits per heavy atom. The van der Waals surface area contributed by atoms with Crippen molar-refractivity contribution in [3.05, 3.63) is 63.2 Å². The molecule has 0 heterocycles. The number of ether oxygens (including phenoxy) is 1. The fourth-order valence-electron chi connectivity index (χ4n) is 2.70. The molecule has 0 bridgehead atoms. The first-order valence-corrected chi connectivity index (χ1v) is 8.89. The number of hydrogen-bond acceptors (Lipinski definition) is 6. The van der Waals surface area contributed by atoms with Gasteiger partial charge < -0.3 is 20.3 Å². The van der Waals surface area contributed by atoms with Crippen LogP contribution in [0.2, 0.25) is 0 Å². The van der Waals surface area contributed by atoms with E-state index in [1.54, 1.807) is 37.1 Å². The van der Waals surface area contributed by atoms with E-state index in [-0.39, 0.29) is 17.2 Å². The Hall–Kier alpha value is -3.46. The number of amides is 2. The Bertz CT molecular complexity index is 927. The molecule has 0 spiro atoms. The molecule has 0 unspecified atom stereocenters. The average molecular weight is 400 g/mol. The number of nitrogens with one attached hydrogen (secondary N) is 2. The van der Waals surface area contributed by atoms with Gasteiger partial charge in [-0.15, -0.1) is 0 Å². The van der Waals surface area contributed by atoms with Crippen LogP contribution in [0.3, 0.4) is 0 Å². The van der Waals surface area contributed by atoms with E-state index >= 15 is 0 Å². The van der Waals surface area contributed by atoms with E-state index in [1.165, 1.54) is 18.2 Å². The first-order chi connectivity index (χ1) is 13.7. The van der Waals surface area contributed by atoms with Gasteiger partial charge >= 0.3 is 0 Å². The van der Waals surface area contributed by atoms with E-state index in [0.717, 1.165) is 0 Å². The summed E-state index contributed by atoms with van der Waals surface area (Å²) in [5.41, 5.74) is 1.98. The number of methoxy groups -OCH3 is 1. The van der Waals surface area contributed by atoms with Crippen LogP contribution in [0.1, 0.15) is 26.3 Å². The lowest BCUT2D eigenvalue weighted by Gasteiger charge is -2.18. The number of anilines is 2. The Morgan fingerprint density at radius 3 is 2.48 bits per heavy atom. The molecule has 9 nitrogen and oxygen atoms in total. The Morgan fingerprint density at radius 2 is 1.86 bits per heavy atom. The average Bonchev–Trinajstić information content (AvgIpc) is 2.67. The Labute approximate surface area is 168 Å². The zero-order valence-corrected chi connectivity index (χ0v) is 16.8. The van der Waals surface area contributed by atoms with E-state index in [2.05, 4.69) is 10.6 Å². The highest BCUT2D eigenvalue weighted by molar-refractivity contribution is 6.06. The SMILES string of the molecule is COCCNC(=O)c1cc(NC(=O)c2ccc(C)c([N+](=O)[O-])c2)ccc1N(C)C. The lowest BCUT2D eigenvalue weighted by molar-refractivity contribution is -0.385. The van der Waals surface area contributed by atoms with Gasteiger partial charge in [-0.3, -0.25) is 19.7 Å². The number of rotatable bonds is 8. The summed E-state index contributed by atoms with van der Waals surface area (Å²) in [6.45, 7) is 2.34. The van der Waals surface area contributed by atoms with Crippen molar-refractivity contribution in [1.82, 2.24) is 5.32 Å². The van der Waals surface area contributed by atoms with Crippen molar-refractivity contribution in [2.75, 3.05) is 44.6 Å². The maximum absolute atomic E-state index is 12.5. The molecule has 154 valence electrons. The molecule has 0 radical (unpaired) electrons. The zero-order chi connectivity index (χ0) is 21.6. The predicted molar refractivity (Wildman–Crippen MR) is 111 cm³/mol. The van der Waals surface area contributed by atoms with Crippen LogP contribution in [0.4, 0.5) is 17.1 Å². The molecule has 9 heteroatoms. The van der Waals surface area contributed by atoms with Crippen molar-refractivity contribution in [3.8, 4) is 0 Å². The van der Waals surface area contributed by atoms with Gasteiger partial charge in [-0.2, -0.15) is 0 Å². The minimum Gasteiger partial charge on any atom is -0.383 e. The quantitative estimate of drug-likeness (QED) is 0.400. The minimum absolute atomic E-state index is 0.126. The van der Waals surface area contributed by atoms with E-state index in [0.29, 0.717) is 35.7 Å². The maximum Gasteiger partial charge on any atom is 0.273 e. The van der Waals surface area contributed by atoms with Gasteiger partial charge in [-0.1, -0.05) is 6.07 Å². The predicted octanol–water partition coefficient (Wildman–Crippen LogP) is 2.60. The van der Waals surface area contributed by atoms with Gasteiger partial charge in [0.15, 0.2) is 0 Å². The third-order valence-corrected chi connectivity index (χ3v) is 4.24. The monoisotopic (exact) mass is 400 g/mol. The number of hydrogen-bond donors (Lipinski definition) is 2. The summed E-state index contributed by atoms with van der Waals surface area (Å²) in [5, 5.41) is 16.5. The van der Waals surface area contributed by atoms with E-state index < -0.39 is 10.8 Å². The van der Waals surface area contributed by atoms with Crippen LogP contribution < -0.4 is 15.5 Å². The van der Waals surface area contributed by atoms with Gasteiger partial charge in [0.25, 0.3) is 17.5 Å². The molecule has 2 aromatic rings. The highest BCUT2D eigenvalue weighted by Crippen LogP contribution is 2.24. The van der Waals surface area contributed by atoms with Crippen molar-refractivity contribution >= 4 is 28.9 Å². The van der Waals surface area contributed by atoms with Crippen LogP contribution in [0.5, 0.6) is 0 Å². The summed E-state index contributed by atoms with van der Waals surface area (Å²) in [6, 6.07) is 9.23. The number of benzene rings is 2. The second kappa shape index (κ2) is 9.65. The molecule has 0 aromatic heterocycles. The van der Waals surface area contributed by atoms with Crippen LogP contribution >= 0.6 is 0 Å². The van der Waals surface area contributed by atoms with Gasteiger partial charge in [0.2, 0.25) is 0 Å². The lowest BCUT2D eigenvalue weighted by atomic mass is 10.1. The van der Waals surface area contributed by atoms with Gasteiger partial charge in [-0.05, 0) is 31.2 Å². The van der Waals surface area contributed by atoms with Crippen molar-refractivity contribution in [2.45, 2.75) is 6.92 Å². The molecule has 2 N–H and O–H groups in total. The number of nitrogens with zero attached hydrogens (tertiary/aromatic N) is 2. The minimum atomic E-state index is -0.527. The Balaban J connectivity index is 2.27. The first-order valence-electron chi connectivity index (χ1n) is 8.89. The molecule has 0 aliphatic heterocycles. The molecule has 0 saturated heterocycles. The van der Waals surface area contributed by atoms with Gasteiger partial charge in [0, 0.05) is 56.3 Å². The molecule has 2 aromatic carbocycles. The molecule has 0 aliphatic carbocycles. The number of nitro benzene ring substituents is 1. The summed E-state index contributed by atoms with van der Waals surface area (Å²) in [6.07, 6.45) is 0. The number of aryl methyl sites for hydroxylation is 1. The second-order valence-electron chi connectivity index (χ2n) is 6.59. The van der Waals surface area contributed by atoms with Crippen LogP contribution in [0, 0.1) is 17.0 Å². The molecule has 2 amide bonds. The van der Waals surface area contributed by atoms with Crippen LogP contribution in [-0.2, 0) is 4.74 Å². The van der Waals surface area contributed by atoms with E-state index in [1.807, 2.05) is 14.1 Å². The fraction of sp³-hybridized carbons (Fsp3) is 0.300. The second-order valence-corrected chi connectivity index (χ2v) is 6.59. The zero-order valence-electron chi connectivity index (χ0n) is 16.8. The number of carbonyl (C=O) groups is 2. The third kappa shape index (κ3) is 5.52. The van der Waals surface area contributed by atoms with E-state index in [9.17, 15) is 19.7 Å². The number of nitro groups is 1. The highest BCUT2D eigenvalue weighted by Gasteiger charge is 2.17. The topological polar surface area (TPSA) is 114 Å². The summed E-state index contributed by atoms with van der Waals surface area (Å²) in [4.78, 5) is 37.4. The van der Waals surface area contributed by atoms with E-state index in [4.69, 9.17) is 4.74 Å². The van der Waals surface area contributed by atoms with Crippen molar-refractivity contribution in [3.63, 3.8) is 0 Å². The molecule has 0 aliphatic rings. The van der Waals surface area contributed by atoms with Gasteiger partial charge in [0.05, 0.1) is 17.1 Å². The standard InChI is InChI=1S/C20H24N4O5/c1-13-5-6-14(11-18(13)24(27)28)19(25)22-15-7-8-17(23(2)3)16(12-15)20(26)21-9-10-29-4/h5-8,11-12H,9-10H2,1-4H3,(H,21,26)(H,22,25). The fourth-order valence-corrected chi connectivity index (χ4v) is 2.70. The molecular weight excluding hydrogens is 376 g/mol. The van der Waals surface area contributed by atoms with Gasteiger partial charge in [-0.25, -0.2) is 0 Å². The molecule has 0 atom stereocenters. The van der Waals surface area contributed by atoms with Gasteiger partial charge in [0.1, 0.15) is 0 Å². The van der Waals surface area contributed by atoms with Crippen LogP contribution in [0.15, 0.2) is 36.4 Å². The smallest absolute Gasteiger partial charge is 0.273 e. The third-order valence-electron chi connectivity index (χ3n) is 4.24. The molecule has 2 rings (SSSR count). The Kier molecular flexibility index (Phi) is 7.27. The molecule has 0 fully saturated rings. The summed E-state index contributed by atoms with van der Waals surface area (Å²) >= 11 is 0. The maximum atomic E-state index is 12.5. The largest absolute Gasteiger partial charge is 0.383 e. The van der Waals surface area contributed by atoms with Crippen LogP contribution in [0.25, 0.3) is 0 Å². The van der Waals surface area contributed by atoms with Crippen molar-refractivity contribution in [2.24, 2.45) is 0 Å². The molecule has 29 heavy (non-hydrogen) atoms. The lowest BCUT2D eigenvalue weighted by Crippen LogP contribution is -2.28. The summed E-state index contributed by atoms with van der Waals surface area (Å²) in [7, 11) is 5.17. The van der Waals surface area contributed by atoms with Crippen LogP contribution in [-0.4, -0.2) is 51.1 Å². The number of carbonyl (C=O) groups excluding carboxylic acids is 2. The normalized spacial score (nSPS) is 10.3. The first kappa shape index (κ1) is 21.8. The summed E-state index contributed by atoms with van der Waals surface area (Å²) in [5.74, 6) is -0.802. The van der Waals surface area contributed by atoms with Crippen molar-refractivity contribution < 1.29 is 19.2 Å². The molecule has 0 saturated carbocycles. The summed E-state index contributed by atoms with van der Waals surface area (Å²) < 4.78 is 4.94.